The van der Waals surface area contributed by atoms with Crippen LogP contribution in [0.15, 0.2) is 42.6 Å². The molecule has 2 atom stereocenters. The highest BCUT2D eigenvalue weighted by Gasteiger charge is 2.34. The number of allylic oxidation sites excluding steroid dienone is 1. The number of benzene rings is 2. The molecule has 2 aliphatic heterocycles. The largest absolute Gasteiger partial charge is 0.497 e. The predicted molar refractivity (Wildman–Crippen MR) is 198 cm³/mol. The highest BCUT2D eigenvalue weighted by molar-refractivity contribution is 7.90. The zero-order valence-electron chi connectivity index (χ0n) is 30.2. The standard InChI is InChI=1S/C39H47N5O6S/c1-23(2)51(47,48)41-38(45)27-12-14-32-34(18-27)44-22-29(36-33(19-40-42(36)5)39(46)43-20-24(3)50-25(4)21-43)16-28-17-30(49-6)13-15-31(28)37(44)35(32)26-10-8-7-9-11-26/h12-19,23-26H,7-11,20-22H2,1-6H3,(H,41,45)/t24-,25+. The molecule has 2 fully saturated rings. The van der Waals surface area contributed by atoms with E-state index in [0.29, 0.717) is 36.8 Å². The van der Waals surface area contributed by atoms with E-state index in [1.54, 1.807) is 37.9 Å². The molecule has 0 unspecified atom stereocenters. The molecule has 51 heavy (non-hydrogen) atoms. The number of methoxy groups -OCH3 is 1. The van der Waals surface area contributed by atoms with Gasteiger partial charge in [-0.1, -0.05) is 25.3 Å². The van der Waals surface area contributed by atoms with Crippen LogP contribution in [0.5, 0.6) is 5.75 Å². The third-order valence-electron chi connectivity index (χ3n) is 10.6. The summed E-state index contributed by atoms with van der Waals surface area (Å²) in [5.41, 5.74) is 7.50. The Bertz CT molecular complexity index is 2150. The Morgan fingerprint density at radius 3 is 2.41 bits per heavy atom. The quantitative estimate of drug-likeness (QED) is 0.236. The van der Waals surface area contributed by atoms with Crippen molar-refractivity contribution in [2.45, 2.75) is 89.7 Å². The van der Waals surface area contributed by atoms with E-state index in [0.717, 1.165) is 64.7 Å². The fraction of sp³-hybridized carbons (Fsp3) is 0.462. The number of sulfonamides is 1. The molecular formula is C39H47N5O6S. The fourth-order valence-corrected chi connectivity index (χ4v) is 8.73. The molecule has 1 saturated carbocycles. The van der Waals surface area contributed by atoms with Crippen molar-refractivity contribution in [3.63, 3.8) is 0 Å². The summed E-state index contributed by atoms with van der Waals surface area (Å²) >= 11 is 0. The molecule has 7 rings (SSSR count). The number of carbonyl (C=O) groups is 2. The van der Waals surface area contributed by atoms with Crippen LogP contribution in [0.4, 0.5) is 0 Å². The first-order valence-corrected chi connectivity index (χ1v) is 19.5. The highest BCUT2D eigenvalue weighted by atomic mass is 32.2. The van der Waals surface area contributed by atoms with E-state index < -0.39 is 21.2 Å². The maximum atomic E-state index is 14.2. The van der Waals surface area contributed by atoms with Gasteiger partial charge in [0.1, 0.15) is 5.75 Å². The Morgan fingerprint density at radius 1 is 1.00 bits per heavy atom. The molecule has 3 aliphatic rings. The zero-order chi connectivity index (χ0) is 36.2. The summed E-state index contributed by atoms with van der Waals surface area (Å²) in [6.07, 6.45) is 9.23. The van der Waals surface area contributed by atoms with E-state index in [9.17, 15) is 18.0 Å². The summed E-state index contributed by atoms with van der Waals surface area (Å²) in [4.78, 5) is 29.5. The number of amides is 2. The summed E-state index contributed by atoms with van der Waals surface area (Å²) in [6.45, 7) is 8.42. The Labute approximate surface area is 299 Å². The maximum Gasteiger partial charge on any atom is 0.264 e. The van der Waals surface area contributed by atoms with Crippen molar-refractivity contribution < 1.29 is 27.5 Å². The first kappa shape index (κ1) is 35.0. The minimum atomic E-state index is -3.83. The molecule has 11 nitrogen and oxygen atoms in total. The lowest BCUT2D eigenvalue weighted by molar-refractivity contribution is -0.0586. The van der Waals surface area contributed by atoms with Gasteiger partial charge in [0.15, 0.2) is 0 Å². The van der Waals surface area contributed by atoms with E-state index in [2.05, 4.69) is 26.5 Å². The Balaban J connectivity index is 1.44. The molecule has 4 heterocycles. The summed E-state index contributed by atoms with van der Waals surface area (Å²) in [5, 5.41) is 4.89. The lowest BCUT2D eigenvalue weighted by Crippen LogP contribution is -2.48. The molecular weight excluding hydrogens is 667 g/mol. The molecule has 0 bridgehead atoms. The SMILES string of the molecule is COc1ccc2c(c1)C=C(c1c(C(=O)N3C[C@@H](C)O[C@@H](C)C3)cnn1C)Cn1c-2c(C2CCCCC2)c2ccc(C(=O)NS(=O)(=O)C(C)C)cc21. The molecule has 1 saturated heterocycles. The van der Waals surface area contributed by atoms with Crippen LogP contribution in [0.25, 0.3) is 33.8 Å². The summed E-state index contributed by atoms with van der Waals surface area (Å²) in [7, 11) is -0.323. The second kappa shape index (κ2) is 13.6. The van der Waals surface area contributed by atoms with E-state index >= 15 is 0 Å². The number of nitrogens with one attached hydrogen (secondary N) is 1. The van der Waals surface area contributed by atoms with Gasteiger partial charge in [-0.2, -0.15) is 5.10 Å². The van der Waals surface area contributed by atoms with Crippen LogP contribution in [0, 0.1) is 0 Å². The van der Waals surface area contributed by atoms with Crippen LogP contribution in [0.2, 0.25) is 0 Å². The number of rotatable bonds is 7. The van der Waals surface area contributed by atoms with Gasteiger partial charge in [-0.05, 0) is 99.6 Å². The van der Waals surface area contributed by atoms with Gasteiger partial charge in [-0.15, -0.1) is 0 Å². The minimum Gasteiger partial charge on any atom is -0.497 e. The Kier molecular flexibility index (Phi) is 9.34. The second-order valence-corrected chi connectivity index (χ2v) is 16.8. The molecule has 1 N–H and O–H groups in total. The van der Waals surface area contributed by atoms with Gasteiger partial charge in [0, 0.05) is 42.2 Å². The van der Waals surface area contributed by atoms with Crippen LogP contribution in [0.1, 0.15) is 103 Å². The van der Waals surface area contributed by atoms with Gasteiger partial charge >= 0.3 is 0 Å². The number of fused-ring (bicyclic) bond motifs is 5. The van der Waals surface area contributed by atoms with Crippen molar-refractivity contribution in [3.8, 4) is 17.0 Å². The van der Waals surface area contributed by atoms with Crippen molar-refractivity contribution in [1.29, 1.82) is 0 Å². The normalized spacial score (nSPS) is 19.7. The van der Waals surface area contributed by atoms with Crippen LogP contribution in [-0.2, 0) is 28.4 Å². The minimum absolute atomic E-state index is 0.0804. The van der Waals surface area contributed by atoms with E-state index in [1.807, 2.05) is 50.1 Å². The van der Waals surface area contributed by atoms with Gasteiger partial charge < -0.3 is 18.9 Å². The monoisotopic (exact) mass is 713 g/mol. The summed E-state index contributed by atoms with van der Waals surface area (Å²) < 4.78 is 43.3. The third kappa shape index (κ3) is 6.48. The molecule has 4 aromatic rings. The van der Waals surface area contributed by atoms with Crippen LogP contribution < -0.4 is 9.46 Å². The summed E-state index contributed by atoms with van der Waals surface area (Å²) in [6, 6.07) is 11.6. The predicted octanol–water partition coefficient (Wildman–Crippen LogP) is 6.37. The Hall–Kier alpha value is -4.42. The molecule has 0 radical (unpaired) electrons. The number of nitrogens with zero attached hydrogens (tertiary/aromatic N) is 4. The molecule has 2 aromatic heterocycles. The Morgan fingerprint density at radius 2 is 1.73 bits per heavy atom. The number of carbonyl (C=O) groups excluding carboxylic acids is 2. The molecule has 2 amide bonds. The molecule has 1 aliphatic carbocycles. The number of aryl methyl sites for hydroxylation is 1. The molecule has 12 heteroatoms. The number of aromatic nitrogens is 3. The lowest BCUT2D eigenvalue weighted by Gasteiger charge is -2.35. The van der Waals surface area contributed by atoms with Crippen molar-refractivity contribution in [2.75, 3.05) is 20.2 Å². The van der Waals surface area contributed by atoms with Gasteiger partial charge in [-0.25, -0.2) is 13.1 Å². The maximum absolute atomic E-state index is 14.2. The van der Waals surface area contributed by atoms with E-state index in [1.165, 1.54) is 12.0 Å². The second-order valence-electron chi connectivity index (χ2n) is 14.6. The topological polar surface area (TPSA) is 125 Å². The average Bonchev–Trinajstić information content (AvgIpc) is 3.58. The van der Waals surface area contributed by atoms with Crippen LogP contribution in [0.3, 0.4) is 0 Å². The van der Waals surface area contributed by atoms with Crippen molar-refractivity contribution in [1.82, 2.24) is 24.0 Å². The van der Waals surface area contributed by atoms with E-state index in [4.69, 9.17) is 9.47 Å². The van der Waals surface area contributed by atoms with Gasteiger partial charge in [-0.3, -0.25) is 14.3 Å². The zero-order valence-corrected chi connectivity index (χ0v) is 31.0. The number of hydrogen-bond donors (Lipinski definition) is 1. The third-order valence-corrected chi connectivity index (χ3v) is 12.3. The van der Waals surface area contributed by atoms with Crippen molar-refractivity contribution in [3.05, 3.63) is 70.5 Å². The summed E-state index contributed by atoms with van der Waals surface area (Å²) in [5.74, 6) is 0.274. The number of morpholine rings is 1. The van der Waals surface area contributed by atoms with Gasteiger partial charge in [0.2, 0.25) is 10.0 Å². The average molecular weight is 714 g/mol. The molecule has 2 aromatic carbocycles. The van der Waals surface area contributed by atoms with Gasteiger partial charge in [0.25, 0.3) is 11.8 Å². The first-order valence-electron chi connectivity index (χ1n) is 17.9. The van der Waals surface area contributed by atoms with E-state index in [-0.39, 0.29) is 23.7 Å². The number of ether oxygens (including phenoxy) is 2. The number of hydrogen-bond acceptors (Lipinski definition) is 7. The fourth-order valence-electron chi connectivity index (χ4n) is 8.12. The first-order chi connectivity index (χ1) is 24.4. The smallest absolute Gasteiger partial charge is 0.264 e. The van der Waals surface area contributed by atoms with Crippen LogP contribution in [-0.4, -0.2) is 77.1 Å². The van der Waals surface area contributed by atoms with Crippen LogP contribution >= 0.6 is 0 Å². The van der Waals surface area contributed by atoms with Gasteiger partial charge in [0.05, 0.1) is 54.3 Å². The highest BCUT2D eigenvalue weighted by Crippen LogP contribution is 2.48. The molecule has 0 spiro atoms. The lowest BCUT2D eigenvalue weighted by atomic mass is 9.81. The molecule has 270 valence electrons. The van der Waals surface area contributed by atoms with Crippen molar-refractivity contribution >= 4 is 44.4 Å². The van der Waals surface area contributed by atoms with Crippen molar-refractivity contribution in [2.24, 2.45) is 7.05 Å².